The van der Waals surface area contributed by atoms with E-state index >= 15 is 0 Å². The minimum Gasteiger partial charge on any atom is -0.495 e. The molecule has 2 rings (SSSR count). The lowest BCUT2D eigenvalue weighted by atomic mass is 10.3. The Hall–Kier alpha value is -1.77. The Morgan fingerprint density at radius 2 is 2.20 bits per heavy atom. The summed E-state index contributed by atoms with van der Waals surface area (Å²) in [6, 6.07) is 7.54. The van der Waals surface area contributed by atoms with Crippen LogP contribution in [0.4, 0.5) is 5.69 Å². The maximum atomic E-state index is 5.84. The van der Waals surface area contributed by atoms with Gasteiger partial charge < -0.3 is 15.8 Å². The van der Waals surface area contributed by atoms with Gasteiger partial charge in [-0.05, 0) is 12.1 Å². The van der Waals surface area contributed by atoms with Crippen LogP contribution in [0.3, 0.4) is 0 Å². The van der Waals surface area contributed by atoms with E-state index in [0.717, 1.165) is 17.0 Å². The largest absolute Gasteiger partial charge is 0.495 e. The zero-order valence-electron chi connectivity index (χ0n) is 11.4. The van der Waals surface area contributed by atoms with Gasteiger partial charge in [-0.3, -0.25) is 4.68 Å². The van der Waals surface area contributed by atoms with E-state index in [9.17, 15) is 0 Å². The number of ether oxygens (including phenoxy) is 1. The highest BCUT2D eigenvalue weighted by atomic mass is 127. The molecule has 2 aromatic rings. The molecule has 0 aliphatic rings. The Bertz CT molecular complexity index is 582. The Balaban J connectivity index is 0.00000200. The standard InChI is InChI=1S/C13H17N5O.HI/c1-18-9-10(8-16-18)7-15-13(14)17-11-5-3-4-6-12(11)19-2;/h3-6,8-9H,7H2,1-2H3,(H3,14,15,17);1H. The number of methoxy groups -OCH3 is 1. The first-order valence-electron chi connectivity index (χ1n) is 5.86. The van der Waals surface area contributed by atoms with Crippen LogP contribution in [0, 0.1) is 0 Å². The van der Waals surface area contributed by atoms with Crippen LogP contribution < -0.4 is 15.8 Å². The highest BCUT2D eigenvalue weighted by molar-refractivity contribution is 14.0. The number of nitrogens with one attached hydrogen (secondary N) is 1. The van der Waals surface area contributed by atoms with Crippen molar-refractivity contribution in [3.05, 3.63) is 42.2 Å². The number of rotatable bonds is 4. The SMILES string of the molecule is COc1ccccc1NC(N)=NCc1cnn(C)c1.I. The normalized spacial score (nSPS) is 10.8. The third-order valence-corrected chi connectivity index (χ3v) is 2.56. The predicted octanol–water partition coefficient (Wildman–Crippen LogP) is 1.97. The number of anilines is 1. The summed E-state index contributed by atoms with van der Waals surface area (Å²) in [6.45, 7) is 0.488. The summed E-state index contributed by atoms with van der Waals surface area (Å²) in [5.74, 6) is 1.07. The topological polar surface area (TPSA) is 77.5 Å². The zero-order chi connectivity index (χ0) is 13.7. The molecule has 0 aliphatic heterocycles. The quantitative estimate of drug-likeness (QED) is 0.478. The summed E-state index contributed by atoms with van der Waals surface area (Å²) in [6.07, 6.45) is 3.67. The monoisotopic (exact) mass is 387 g/mol. The molecule has 0 fully saturated rings. The van der Waals surface area contributed by atoms with E-state index in [1.165, 1.54) is 0 Å². The molecule has 0 saturated heterocycles. The van der Waals surface area contributed by atoms with Crippen molar-refractivity contribution >= 4 is 35.6 Å². The fraction of sp³-hybridized carbons (Fsp3) is 0.231. The van der Waals surface area contributed by atoms with Crippen molar-refractivity contribution in [1.82, 2.24) is 9.78 Å². The number of halogens is 1. The molecule has 6 nitrogen and oxygen atoms in total. The molecule has 0 atom stereocenters. The van der Waals surface area contributed by atoms with Crippen molar-refractivity contribution in [3.63, 3.8) is 0 Å². The highest BCUT2D eigenvalue weighted by Crippen LogP contribution is 2.22. The first-order valence-corrected chi connectivity index (χ1v) is 5.86. The van der Waals surface area contributed by atoms with Gasteiger partial charge in [0.15, 0.2) is 5.96 Å². The number of aryl methyl sites for hydroxylation is 1. The average Bonchev–Trinajstić information content (AvgIpc) is 2.83. The van der Waals surface area contributed by atoms with Crippen LogP contribution in [0.5, 0.6) is 5.75 Å². The van der Waals surface area contributed by atoms with Crippen molar-refractivity contribution in [2.45, 2.75) is 6.54 Å². The van der Waals surface area contributed by atoms with E-state index in [1.54, 1.807) is 18.0 Å². The smallest absolute Gasteiger partial charge is 0.193 e. The second kappa shape index (κ2) is 7.73. The van der Waals surface area contributed by atoms with Gasteiger partial charge in [-0.1, -0.05) is 12.1 Å². The minimum absolute atomic E-state index is 0. The van der Waals surface area contributed by atoms with E-state index in [1.807, 2.05) is 37.5 Å². The maximum Gasteiger partial charge on any atom is 0.193 e. The summed E-state index contributed by atoms with van der Waals surface area (Å²) >= 11 is 0. The molecule has 0 aliphatic carbocycles. The number of aliphatic imine (C=N–C) groups is 1. The van der Waals surface area contributed by atoms with Crippen molar-refractivity contribution in [1.29, 1.82) is 0 Å². The van der Waals surface area contributed by atoms with Crippen molar-refractivity contribution in [2.24, 2.45) is 17.8 Å². The Morgan fingerprint density at radius 3 is 2.85 bits per heavy atom. The summed E-state index contributed by atoms with van der Waals surface area (Å²) in [4.78, 5) is 4.25. The first-order chi connectivity index (χ1) is 9.19. The molecule has 0 spiro atoms. The van der Waals surface area contributed by atoms with Crippen molar-refractivity contribution < 1.29 is 4.74 Å². The van der Waals surface area contributed by atoms with Gasteiger partial charge in [-0.15, -0.1) is 24.0 Å². The molecule has 7 heteroatoms. The summed E-state index contributed by atoms with van der Waals surface area (Å²) in [7, 11) is 3.48. The van der Waals surface area contributed by atoms with E-state index in [-0.39, 0.29) is 24.0 Å². The molecule has 108 valence electrons. The molecule has 1 aromatic heterocycles. The number of nitrogens with zero attached hydrogens (tertiary/aromatic N) is 3. The molecular formula is C13H18IN5O. The number of hydrogen-bond acceptors (Lipinski definition) is 3. The number of benzene rings is 1. The molecule has 0 unspecified atom stereocenters. The van der Waals surface area contributed by atoms with Crippen LogP contribution in [0.2, 0.25) is 0 Å². The summed E-state index contributed by atoms with van der Waals surface area (Å²) < 4.78 is 6.96. The van der Waals surface area contributed by atoms with Gasteiger partial charge in [0, 0.05) is 18.8 Å². The van der Waals surface area contributed by atoms with Gasteiger partial charge in [0.05, 0.1) is 25.5 Å². The van der Waals surface area contributed by atoms with Gasteiger partial charge in [-0.2, -0.15) is 5.10 Å². The average molecular weight is 387 g/mol. The summed E-state index contributed by atoms with van der Waals surface area (Å²) in [5, 5.41) is 7.09. The number of nitrogens with two attached hydrogens (primary N) is 1. The lowest BCUT2D eigenvalue weighted by Gasteiger charge is -2.09. The highest BCUT2D eigenvalue weighted by Gasteiger charge is 2.02. The minimum atomic E-state index is 0. The third-order valence-electron chi connectivity index (χ3n) is 2.56. The second-order valence-electron chi connectivity index (χ2n) is 4.05. The fourth-order valence-electron chi connectivity index (χ4n) is 1.66. The van der Waals surface area contributed by atoms with Gasteiger partial charge in [-0.25, -0.2) is 4.99 Å². The van der Waals surface area contributed by atoms with Crippen LogP contribution >= 0.6 is 24.0 Å². The van der Waals surface area contributed by atoms with Crippen molar-refractivity contribution in [2.75, 3.05) is 12.4 Å². The van der Waals surface area contributed by atoms with Crippen LogP contribution in [0.25, 0.3) is 0 Å². The van der Waals surface area contributed by atoms with E-state index < -0.39 is 0 Å². The Labute approximate surface area is 135 Å². The van der Waals surface area contributed by atoms with Gasteiger partial charge in [0.1, 0.15) is 5.75 Å². The van der Waals surface area contributed by atoms with Crippen LogP contribution in [-0.4, -0.2) is 22.8 Å². The zero-order valence-corrected chi connectivity index (χ0v) is 13.7. The molecule has 0 saturated carbocycles. The number of aromatic nitrogens is 2. The molecular weight excluding hydrogens is 369 g/mol. The number of para-hydroxylation sites is 2. The second-order valence-corrected chi connectivity index (χ2v) is 4.05. The molecule has 0 radical (unpaired) electrons. The Morgan fingerprint density at radius 1 is 1.45 bits per heavy atom. The maximum absolute atomic E-state index is 5.84. The molecule has 20 heavy (non-hydrogen) atoms. The first kappa shape index (κ1) is 16.3. The molecule has 1 aromatic carbocycles. The third kappa shape index (κ3) is 4.41. The van der Waals surface area contributed by atoms with Crippen molar-refractivity contribution in [3.8, 4) is 5.75 Å². The lowest BCUT2D eigenvalue weighted by Crippen LogP contribution is -2.22. The Kier molecular flexibility index (Phi) is 6.29. The van der Waals surface area contributed by atoms with Crippen LogP contribution in [0.1, 0.15) is 5.56 Å². The van der Waals surface area contributed by atoms with Crippen LogP contribution in [-0.2, 0) is 13.6 Å². The van der Waals surface area contributed by atoms with E-state index in [2.05, 4.69) is 15.4 Å². The van der Waals surface area contributed by atoms with Gasteiger partial charge in [0.25, 0.3) is 0 Å². The van der Waals surface area contributed by atoms with Gasteiger partial charge in [0.2, 0.25) is 0 Å². The molecule has 1 heterocycles. The summed E-state index contributed by atoms with van der Waals surface area (Å²) in [5.41, 5.74) is 7.64. The van der Waals surface area contributed by atoms with Crippen LogP contribution in [0.15, 0.2) is 41.7 Å². The molecule has 3 N–H and O–H groups in total. The molecule has 0 amide bonds. The number of hydrogen-bond donors (Lipinski definition) is 2. The van der Waals surface area contributed by atoms with E-state index in [0.29, 0.717) is 12.5 Å². The molecule has 0 bridgehead atoms. The fourth-order valence-corrected chi connectivity index (χ4v) is 1.66. The lowest BCUT2D eigenvalue weighted by molar-refractivity contribution is 0.417. The van der Waals surface area contributed by atoms with E-state index in [4.69, 9.17) is 10.5 Å². The predicted molar refractivity (Wildman–Crippen MR) is 90.6 cm³/mol. The van der Waals surface area contributed by atoms with Gasteiger partial charge >= 0.3 is 0 Å². The number of guanidine groups is 1.